The zero-order valence-corrected chi connectivity index (χ0v) is 40.9. The lowest BCUT2D eigenvalue weighted by atomic mass is 9.97. The Labute approximate surface area is 408 Å². The summed E-state index contributed by atoms with van der Waals surface area (Å²) in [5.74, 6) is -0.277. The first-order valence-corrected chi connectivity index (χ1v) is 22.4. The summed E-state index contributed by atoms with van der Waals surface area (Å²) in [6.45, 7) is 6.94. The number of aromatic carboxylic acids is 1. The summed E-state index contributed by atoms with van der Waals surface area (Å²) in [6.07, 6.45) is 2.48. The zero-order chi connectivity index (χ0) is 52.7. The van der Waals surface area contributed by atoms with E-state index in [1.807, 2.05) is 91.0 Å². The molecule has 352 valence electrons. The van der Waals surface area contributed by atoms with Gasteiger partial charge in [-0.3, -0.25) is 23.5 Å². The number of carbonyl (C=O) groups excluding carboxylic acids is 3. The summed E-state index contributed by atoms with van der Waals surface area (Å²) in [7, 11) is 6.45. The first-order valence-electron chi connectivity index (χ1n) is 23.6. The molecule has 4 aromatic heterocycles. The van der Waals surface area contributed by atoms with Crippen LogP contribution >= 0.6 is 35.1 Å². The van der Waals surface area contributed by atoms with Gasteiger partial charge in [-0.05, 0) is 132 Å². The Morgan fingerprint density at radius 2 is 1.15 bits per heavy atom. The molecule has 0 spiro atoms. The molecule has 0 fully saturated rings. The van der Waals surface area contributed by atoms with Gasteiger partial charge in [0.1, 0.15) is 17.1 Å². The lowest BCUT2D eigenvalue weighted by Crippen LogP contribution is -2.43. The quantitative estimate of drug-likeness (QED) is 0.134. The van der Waals surface area contributed by atoms with E-state index in [9.17, 15) is 24.3 Å². The number of carboxylic acids is 1. The third-order valence-electron chi connectivity index (χ3n) is 11.6. The zero-order valence-electron chi connectivity index (χ0n) is 44.5. The summed E-state index contributed by atoms with van der Waals surface area (Å²) < 4.78 is 55.0. The molecule has 0 unspecified atom stereocenters. The number of nitrogens with zero attached hydrogens (tertiary/aromatic N) is 6. The number of thiophene rings is 2. The number of benzene rings is 2. The van der Waals surface area contributed by atoms with E-state index in [2.05, 4.69) is 5.73 Å². The molecule has 2 aliphatic heterocycles. The fourth-order valence-electron chi connectivity index (χ4n) is 7.59. The summed E-state index contributed by atoms with van der Waals surface area (Å²) >= 11 is 3.03. The average Bonchev–Trinajstić information content (AvgIpc) is 4.12. The van der Waals surface area contributed by atoms with Crippen molar-refractivity contribution in [3.8, 4) is 44.3 Å². The second-order valence-electron chi connectivity index (χ2n) is 17.3. The van der Waals surface area contributed by atoms with Crippen LogP contribution < -0.4 is 20.5 Å². The van der Waals surface area contributed by atoms with E-state index in [1.54, 1.807) is 48.2 Å². The Morgan fingerprint density at radius 3 is 1.50 bits per heavy atom. The van der Waals surface area contributed by atoms with Crippen molar-refractivity contribution in [1.29, 1.82) is 0 Å². The molecule has 6 aromatic rings. The third-order valence-corrected chi connectivity index (χ3v) is 13.3. The number of aryl methyl sites for hydroxylation is 2. The van der Waals surface area contributed by atoms with Crippen molar-refractivity contribution >= 4 is 58.8 Å². The topological polar surface area (TPSA) is 187 Å². The Balaban J connectivity index is 0.000000243. The summed E-state index contributed by atoms with van der Waals surface area (Å²) in [4.78, 5) is 66.3. The number of amides is 3. The number of methoxy groups -OCH3 is 2. The SMILES string of the molecule is COc1cc2c(cc1C(=O)O)-n1c(-c3cccs3)nc(C(=O)N(C)C(C)(C)C)c1CC2.Cl.[2H]C([2H])([2H])N.[2H]C([2H])([2H])NC(=O)c1cc2c(cc1OC)CCc1c(C(=O)N(C)C(C)(C)C)nc(-c3cccs3)n1-2. The predicted molar refractivity (Wildman–Crippen MR) is 263 cm³/mol. The number of carbonyl (C=O) groups is 4. The molecule has 4 N–H and O–H groups in total. The van der Waals surface area contributed by atoms with Crippen LogP contribution in [0.15, 0.2) is 59.3 Å². The molecule has 0 bridgehead atoms. The number of fused-ring (bicyclic) bond motifs is 6. The minimum Gasteiger partial charge on any atom is -0.496 e. The van der Waals surface area contributed by atoms with Crippen LogP contribution in [0.3, 0.4) is 0 Å². The van der Waals surface area contributed by atoms with E-state index in [0.717, 1.165) is 38.0 Å². The molecule has 15 nitrogen and oxygen atoms in total. The lowest BCUT2D eigenvalue weighted by Gasteiger charge is -2.32. The van der Waals surface area contributed by atoms with Crippen LogP contribution in [0.25, 0.3) is 32.8 Å². The Morgan fingerprint density at radius 1 is 0.742 bits per heavy atom. The van der Waals surface area contributed by atoms with Crippen LogP contribution in [-0.4, -0.2) is 111 Å². The van der Waals surface area contributed by atoms with Crippen LogP contribution in [0.1, 0.15) is 114 Å². The van der Waals surface area contributed by atoms with Crippen molar-refractivity contribution in [3.05, 3.63) is 104 Å². The van der Waals surface area contributed by atoms with Crippen LogP contribution in [-0.2, 0) is 25.7 Å². The minimum absolute atomic E-state index is 0. The van der Waals surface area contributed by atoms with Crippen molar-refractivity contribution in [2.75, 3.05) is 42.3 Å². The van der Waals surface area contributed by atoms with Gasteiger partial charge < -0.3 is 35.4 Å². The average molecular weight is 966 g/mol. The van der Waals surface area contributed by atoms with Crippen LogP contribution in [0.4, 0.5) is 0 Å². The highest BCUT2D eigenvalue weighted by atomic mass is 35.5. The fraction of sp³-hybridized carbons (Fsp3) is 0.375. The van der Waals surface area contributed by atoms with Crippen LogP contribution in [0.2, 0.25) is 0 Å². The molecule has 0 radical (unpaired) electrons. The molecule has 0 atom stereocenters. The largest absolute Gasteiger partial charge is 0.496 e. The number of nitrogens with one attached hydrogen (secondary N) is 1. The second-order valence-corrected chi connectivity index (χ2v) is 19.2. The van der Waals surface area contributed by atoms with Gasteiger partial charge in [0.2, 0.25) is 0 Å². The fourth-order valence-corrected chi connectivity index (χ4v) is 9.00. The first-order chi connectivity index (χ1) is 32.9. The number of carboxylic acid groups (broad SMARTS) is 1. The van der Waals surface area contributed by atoms with Crippen LogP contribution in [0.5, 0.6) is 11.5 Å². The molecule has 6 heterocycles. The maximum absolute atomic E-state index is 13.5. The highest BCUT2D eigenvalue weighted by Gasteiger charge is 2.35. The second kappa shape index (κ2) is 20.2. The van der Waals surface area contributed by atoms with Crippen LogP contribution in [0, 0.1) is 0 Å². The van der Waals surface area contributed by atoms with E-state index in [4.69, 9.17) is 27.7 Å². The molecule has 2 aromatic carbocycles. The molecular weight excluding hydrogens is 900 g/mol. The minimum atomic E-state index is -2.64. The van der Waals surface area contributed by atoms with E-state index in [1.165, 1.54) is 36.9 Å². The maximum Gasteiger partial charge on any atom is 0.339 e. The molecule has 66 heavy (non-hydrogen) atoms. The monoisotopic (exact) mass is 964 g/mol. The van der Waals surface area contributed by atoms with Gasteiger partial charge in [-0.1, -0.05) is 12.1 Å². The van der Waals surface area contributed by atoms with Gasteiger partial charge in [-0.25, -0.2) is 14.8 Å². The third kappa shape index (κ3) is 9.61. The number of nitrogens with two attached hydrogens (primary N) is 1. The van der Waals surface area contributed by atoms with E-state index in [0.29, 0.717) is 60.2 Å². The smallest absolute Gasteiger partial charge is 0.339 e. The maximum atomic E-state index is 13.5. The molecule has 0 saturated carbocycles. The summed E-state index contributed by atoms with van der Waals surface area (Å²) in [6, 6.07) is 14.5. The number of hydrogen-bond acceptors (Lipinski definition) is 11. The molecule has 18 heteroatoms. The van der Waals surface area contributed by atoms with Crippen molar-refractivity contribution in [1.82, 2.24) is 34.2 Å². The normalized spacial score (nSPS) is 14.0. The highest BCUT2D eigenvalue weighted by Crippen LogP contribution is 2.40. The van der Waals surface area contributed by atoms with Crippen molar-refractivity contribution in [3.63, 3.8) is 0 Å². The van der Waals surface area contributed by atoms with Gasteiger partial charge >= 0.3 is 5.97 Å². The highest BCUT2D eigenvalue weighted by molar-refractivity contribution is 7.13. The number of rotatable bonds is 8. The van der Waals surface area contributed by atoms with Gasteiger partial charge in [-0.15, -0.1) is 35.1 Å². The van der Waals surface area contributed by atoms with Gasteiger partial charge in [0.15, 0.2) is 23.0 Å². The number of imidazole rings is 2. The molecule has 2 aliphatic rings. The Bertz CT molecular complexity index is 2970. The Kier molecular flexibility index (Phi) is 13.1. The lowest BCUT2D eigenvalue weighted by molar-refractivity contribution is 0.0640. The van der Waals surface area contributed by atoms with E-state index >= 15 is 0 Å². The van der Waals surface area contributed by atoms with E-state index < -0.39 is 31.4 Å². The standard InChI is InChI=1S/C24H28N4O3S.C23H25N3O4S.CH5N.ClH/c1-24(2,3)27(5)23(30)20-16-10-9-14-12-18(31-6)15(22(29)25-4)13-17(14)28(16)21(26-20)19-8-7-11-32-19;1-23(2,3)25(4)21(27)19-15-9-8-13-11-17(30-5)14(22(28)29)12-16(13)26(15)20(24-19)18-7-6-10-31-18;1-2;/h7-8,11-13H,9-10H2,1-6H3,(H,25,29);6-7,10-12H,8-9H2,1-5H3,(H,28,29);2H2,1H3;1H/i4D3;;1D3;. The number of aromatic nitrogens is 4. The number of ether oxygens (including phenoxy) is 2. The van der Waals surface area contributed by atoms with Gasteiger partial charge in [0.05, 0.1) is 52.3 Å². The number of hydrogen-bond donors (Lipinski definition) is 3. The first kappa shape index (κ1) is 42.6. The molecular formula is C48H59ClN8O7S2. The van der Waals surface area contributed by atoms with E-state index in [-0.39, 0.29) is 46.6 Å². The molecule has 0 aliphatic carbocycles. The number of halogens is 1. The van der Waals surface area contributed by atoms with Crippen molar-refractivity contribution in [2.24, 2.45) is 5.73 Å². The van der Waals surface area contributed by atoms with Gasteiger partial charge in [0, 0.05) is 40.4 Å². The predicted octanol–water partition coefficient (Wildman–Crippen LogP) is 8.21. The summed E-state index contributed by atoms with van der Waals surface area (Å²) in [5.41, 5.74) is 9.43. The van der Waals surface area contributed by atoms with Gasteiger partial charge in [-0.2, -0.15) is 0 Å². The van der Waals surface area contributed by atoms with Crippen molar-refractivity contribution in [2.45, 2.75) is 78.3 Å². The van der Waals surface area contributed by atoms with Crippen molar-refractivity contribution < 1.29 is 42.0 Å². The molecule has 8 rings (SSSR count). The Hall–Kier alpha value is -6.01. The van der Waals surface area contributed by atoms with Gasteiger partial charge in [0.25, 0.3) is 17.7 Å². The summed E-state index contributed by atoms with van der Waals surface area (Å²) in [5, 5.41) is 15.6. The molecule has 0 saturated heterocycles. The molecule has 3 amide bonds.